The van der Waals surface area contributed by atoms with Gasteiger partial charge in [0.2, 0.25) is 0 Å². The third-order valence-corrected chi connectivity index (χ3v) is 3.92. The van der Waals surface area contributed by atoms with E-state index in [0.717, 1.165) is 31.9 Å². The summed E-state index contributed by atoms with van der Waals surface area (Å²) >= 11 is 6.76. The Labute approximate surface area is 132 Å². The quantitative estimate of drug-likeness (QED) is 0.675. The molecule has 0 bridgehead atoms. The predicted octanol–water partition coefficient (Wildman–Crippen LogP) is 3.12. The molecule has 3 aromatic rings. The number of hydrogen-bond donors (Lipinski definition) is 0. The highest BCUT2D eigenvalue weighted by molar-refractivity contribution is 9.10. The summed E-state index contributed by atoms with van der Waals surface area (Å²) in [5, 5.41) is 5.21. The van der Waals surface area contributed by atoms with Crippen LogP contribution in [0, 0.1) is 0 Å². The summed E-state index contributed by atoms with van der Waals surface area (Å²) in [5.41, 5.74) is 0.786. The number of fused-ring (bicyclic) bond motifs is 1. The highest BCUT2D eigenvalue weighted by Crippen LogP contribution is 2.29. The van der Waals surface area contributed by atoms with Crippen molar-refractivity contribution in [3.05, 3.63) is 33.5 Å². The molecule has 0 saturated carbocycles. The second-order valence-corrected chi connectivity index (χ2v) is 5.90. The Morgan fingerprint density at radius 2 is 2.10 bits per heavy atom. The van der Waals surface area contributed by atoms with Crippen molar-refractivity contribution >= 4 is 48.7 Å². The number of anilines is 1. The average molecular weight is 401 g/mol. The fraction of sp³-hybridized carbons (Fsp3) is 0.250. The van der Waals surface area contributed by atoms with Gasteiger partial charge < -0.3 is 9.32 Å². The van der Waals surface area contributed by atoms with Gasteiger partial charge >= 0.3 is 0 Å². The topological polar surface area (TPSA) is 60.0 Å². The van der Waals surface area contributed by atoms with Crippen LogP contribution in [0.5, 0.6) is 0 Å². The maximum atomic E-state index is 5.52. The number of aromatic nitrogens is 4. The average Bonchev–Trinajstić information content (AvgIpc) is 2.94. The van der Waals surface area contributed by atoms with Crippen molar-refractivity contribution < 1.29 is 4.42 Å². The first kappa shape index (κ1) is 13.6. The molecule has 0 unspecified atom stereocenters. The first-order valence-electron chi connectivity index (χ1n) is 5.85. The van der Waals surface area contributed by atoms with E-state index in [1.165, 1.54) is 0 Å². The lowest BCUT2D eigenvalue weighted by Gasteiger charge is -2.17. The minimum atomic E-state index is 0.610. The molecule has 3 rings (SSSR count). The van der Waals surface area contributed by atoms with Gasteiger partial charge in [0.05, 0.1) is 11.9 Å². The molecule has 0 aliphatic carbocycles. The third-order valence-electron chi connectivity index (χ3n) is 2.94. The molecule has 3 heterocycles. The number of rotatable bonds is 3. The van der Waals surface area contributed by atoms with Gasteiger partial charge in [-0.25, -0.2) is 14.6 Å². The molecule has 0 aliphatic rings. The van der Waals surface area contributed by atoms with E-state index < -0.39 is 0 Å². The SMILES string of the molecule is CN(Cc1ccc(Br)o1)c1ncnc2c1c(Br)nn2C. The molecule has 104 valence electrons. The zero-order chi connectivity index (χ0) is 14.3. The summed E-state index contributed by atoms with van der Waals surface area (Å²) in [6.45, 7) is 0.610. The van der Waals surface area contributed by atoms with Crippen LogP contribution in [0.25, 0.3) is 11.0 Å². The fourth-order valence-electron chi connectivity index (χ4n) is 2.06. The molecule has 0 fully saturated rings. The normalized spacial score (nSPS) is 11.2. The van der Waals surface area contributed by atoms with Crippen LogP contribution in [0.4, 0.5) is 5.82 Å². The summed E-state index contributed by atoms with van der Waals surface area (Å²) in [6.07, 6.45) is 1.54. The lowest BCUT2D eigenvalue weighted by Crippen LogP contribution is -2.17. The van der Waals surface area contributed by atoms with Crippen LogP contribution in [-0.4, -0.2) is 26.8 Å². The monoisotopic (exact) mass is 399 g/mol. The Kier molecular flexibility index (Phi) is 3.51. The Hall–Kier alpha value is -1.41. The number of furan rings is 1. The van der Waals surface area contributed by atoms with Crippen molar-refractivity contribution in [3.8, 4) is 0 Å². The predicted molar refractivity (Wildman–Crippen MR) is 82.5 cm³/mol. The molecular formula is C12H11Br2N5O. The molecular weight excluding hydrogens is 390 g/mol. The van der Waals surface area contributed by atoms with Gasteiger partial charge in [0.1, 0.15) is 22.5 Å². The second kappa shape index (κ2) is 5.17. The van der Waals surface area contributed by atoms with Crippen molar-refractivity contribution in [1.29, 1.82) is 0 Å². The van der Waals surface area contributed by atoms with Gasteiger partial charge in [0.15, 0.2) is 10.3 Å². The van der Waals surface area contributed by atoms with E-state index in [-0.39, 0.29) is 0 Å². The smallest absolute Gasteiger partial charge is 0.169 e. The molecule has 0 N–H and O–H groups in total. The van der Waals surface area contributed by atoms with E-state index in [2.05, 4.69) is 46.9 Å². The van der Waals surface area contributed by atoms with Crippen molar-refractivity contribution in [3.63, 3.8) is 0 Å². The largest absolute Gasteiger partial charge is 0.452 e. The van der Waals surface area contributed by atoms with Gasteiger partial charge in [-0.15, -0.1) is 0 Å². The number of halogens is 2. The summed E-state index contributed by atoms with van der Waals surface area (Å²) in [4.78, 5) is 10.6. The summed E-state index contributed by atoms with van der Waals surface area (Å²) in [5.74, 6) is 1.66. The molecule has 0 radical (unpaired) electrons. The Morgan fingerprint density at radius 1 is 1.30 bits per heavy atom. The zero-order valence-corrected chi connectivity index (χ0v) is 14.0. The first-order chi connectivity index (χ1) is 9.56. The van der Waals surface area contributed by atoms with E-state index in [1.807, 2.05) is 31.1 Å². The van der Waals surface area contributed by atoms with Gasteiger partial charge in [0, 0.05) is 14.1 Å². The molecule has 3 aromatic heterocycles. The van der Waals surface area contributed by atoms with Gasteiger partial charge in [-0.2, -0.15) is 5.10 Å². The van der Waals surface area contributed by atoms with E-state index >= 15 is 0 Å². The number of hydrogen-bond acceptors (Lipinski definition) is 5. The third kappa shape index (κ3) is 2.33. The number of nitrogens with zero attached hydrogens (tertiary/aromatic N) is 5. The minimum absolute atomic E-state index is 0.610. The molecule has 0 saturated heterocycles. The zero-order valence-electron chi connectivity index (χ0n) is 10.8. The molecule has 8 heteroatoms. The summed E-state index contributed by atoms with van der Waals surface area (Å²) in [6, 6.07) is 3.80. The lowest BCUT2D eigenvalue weighted by molar-refractivity contribution is 0.486. The Bertz CT molecular complexity index is 766. The van der Waals surface area contributed by atoms with Crippen LogP contribution in [0.3, 0.4) is 0 Å². The summed E-state index contributed by atoms with van der Waals surface area (Å²) < 4.78 is 8.70. The highest BCUT2D eigenvalue weighted by Gasteiger charge is 2.17. The van der Waals surface area contributed by atoms with Crippen molar-refractivity contribution in [2.24, 2.45) is 7.05 Å². The maximum absolute atomic E-state index is 5.52. The minimum Gasteiger partial charge on any atom is -0.452 e. The Morgan fingerprint density at radius 3 is 2.80 bits per heavy atom. The fourth-order valence-corrected chi connectivity index (χ4v) is 2.99. The second-order valence-electron chi connectivity index (χ2n) is 4.37. The number of aryl methyl sites for hydroxylation is 1. The van der Waals surface area contributed by atoms with E-state index in [0.29, 0.717) is 6.54 Å². The van der Waals surface area contributed by atoms with Crippen LogP contribution in [0.2, 0.25) is 0 Å². The van der Waals surface area contributed by atoms with Crippen molar-refractivity contribution in [1.82, 2.24) is 19.7 Å². The van der Waals surface area contributed by atoms with Crippen LogP contribution in [-0.2, 0) is 13.6 Å². The van der Waals surface area contributed by atoms with E-state index in [9.17, 15) is 0 Å². The van der Waals surface area contributed by atoms with Gasteiger partial charge in [0.25, 0.3) is 0 Å². The molecule has 0 amide bonds. The molecule has 0 aliphatic heterocycles. The molecule has 0 aromatic carbocycles. The molecule has 20 heavy (non-hydrogen) atoms. The summed E-state index contributed by atoms with van der Waals surface area (Å²) in [7, 11) is 3.81. The molecule has 0 atom stereocenters. The lowest BCUT2D eigenvalue weighted by atomic mass is 10.3. The van der Waals surface area contributed by atoms with Crippen molar-refractivity contribution in [2.45, 2.75) is 6.54 Å². The Balaban J connectivity index is 2.01. The first-order valence-corrected chi connectivity index (χ1v) is 7.43. The van der Waals surface area contributed by atoms with Crippen molar-refractivity contribution in [2.75, 3.05) is 11.9 Å². The van der Waals surface area contributed by atoms with Crippen LogP contribution >= 0.6 is 31.9 Å². The van der Waals surface area contributed by atoms with E-state index in [4.69, 9.17) is 4.42 Å². The van der Waals surface area contributed by atoms with Crippen LogP contribution in [0.15, 0.2) is 32.1 Å². The van der Waals surface area contributed by atoms with Gasteiger partial charge in [-0.3, -0.25) is 0 Å². The van der Waals surface area contributed by atoms with Gasteiger partial charge in [-0.05, 0) is 44.0 Å². The van der Waals surface area contributed by atoms with E-state index in [1.54, 1.807) is 11.0 Å². The standard InChI is InChI=1S/C12H11Br2N5O/c1-18(5-7-3-4-8(13)20-7)11-9-10(14)17-19(2)12(9)16-6-15-11/h3-4,6H,5H2,1-2H3. The molecule has 6 nitrogen and oxygen atoms in total. The maximum Gasteiger partial charge on any atom is 0.169 e. The van der Waals surface area contributed by atoms with Gasteiger partial charge in [-0.1, -0.05) is 0 Å². The molecule has 0 spiro atoms. The van der Waals surface area contributed by atoms with Crippen LogP contribution in [0.1, 0.15) is 5.76 Å². The highest BCUT2D eigenvalue weighted by atomic mass is 79.9. The van der Waals surface area contributed by atoms with Crippen LogP contribution < -0.4 is 4.90 Å².